The van der Waals surface area contributed by atoms with Gasteiger partial charge in [-0.25, -0.2) is 4.98 Å². The van der Waals surface area contributed by atoms with E-state index in [2.05, 4.69) is 16.4 Å². The summed E-state index contributed by atoms with van der Waals surface area (Å²) in [7, 11) is 0. The summed E-state index contributed by atoms with van der Waals surface area (Å²) in [5.74, 6) is 0.983. The Labute approximate surface area is 228 Å². The minimum Gasteiger partial charge on any atom is -0.490 e. The Bertz CT molecular complexity index is 1490. The Hall–Kier alpha value is -4.96. The topological polar surface area (TPSA) is 101 Å². The van der Waals surface area contributed by atoms with Gasteiger partial charge in [0.1, 0.15) is 5.82 Å². The van der Waals surface area contributed by atoms with Crippen molar-refractivity contribution >= 4 is 17.5 Å². The number of amides is 1. The average Bonchev–Trinajstić information content (AvgIpc) is 2.97. The second-order valence-electron chi connectivity index (χ2n) is 8.68. The fourth-order valence-electron chi connectivity index (χ4n) is 4.06. The first-order chi connectivity index (χ1) is 19.0. The van der Waals surface area contributed by atoms with Gasteiger partial charge in [-0.05, 0) is 67.4 Å². The molecule has 0 atom stereocenters. The quantitative estimate of drug-likeness (QED) is 0.222. The van der Waals surface area contributed by atoms with Crippen LogP contribution in [-0.2, 0) is 4.79 Å². The van der Waals surface area contributed by atoms with Gasteiger partial charge in [0, 0.05) is 24.0 Å². The highest BCUT2D eigenvalue weighted by molar-refractivity contribution is 6.00. The number of nitrogens with one attached hydrogen (secondary N) is 1. The van der Waals surface area contributed by atoms with Gasteiger partial charge in [-0.1, -0.05) is 42.5 Å². The minimum absolute atomic E-state index is 0.000538. The first-order valence-corrected chi connectivity index (χ1v) is 12.8. The number of Topliss-reactive ketones (excluding diaryl/α,β-unsaturated/α-hetero) is 1. The van der Waals surface area contributed by atoms with Crippen LogP contribution in [0.25, 0.3) is 22.4 Å². The Morgan fingerprint density at radius 3 is 2.21 bits per heavy atom. The Morgan fingerprint density at radius 2 is 1.51 bits per heavy atom. The zero-order valence-corrected chi connectivity index (χ0v) is 21.9. The number of rotatable bonds is 11. The normalized spacial score (nSPS) is 10.4. The number of nitriles is 1. The van der Waals surface area contributed by atoms with Crippen molar-refractivity contribution in [3.63, 3.8) is 0 Å². The summed E-state index contributed by atoms with van der Waals surface area (Å²) in [4.78, 5) is 30.3. The molecule has 3 aromatic carbocycles. The molecule has 0 radical (unpaired) electrons. The molecule has 1 heterocycles. The highest BCUT2D eigenvalue weighted by Gasteiger charge is 2.15. The Morgan fingerprint density at radius 1 is 0.795 bits per heavy atom. The fraction of sp³-hybridized carbons (Fsp3) is 0.188. The molecule has 0 aliphatic heterocycles. The smallest absolute Gasteiger partial charge is 0.225 e. The summed E-state index contributed by atoms with van der Waals surface area (Å²) < 4.78 is 11.2. The van der Waals surface area contributed by atoms with Gasteiger partial charge in [-0.15, -0.1) is 0 Å². The second kappa shape index (κ2) is 13.0. The van der Waals surface area contributed by atoms with Crippen LogP contribution < -0.4 is 14.8 Å². The lowest BCUT2D eigenvalue weighted by atomic mass is 10.0. The maximum Gasteiger partial charge on any atom is 0.225 e. The fourth-order valence-corrected chi connectivity index (χ4v) is 4.06. The van der Waals surface area contributed by atoms with Crippen molar-refractivity contribution < 1.29 is 19.1 Å². The summed E-state index contributed by atoms with van der Waals surface area (Å²) in [5.41, 5.74) is 4.36. The van der Waals surface area contributed by atoms with Gasteiger partial charge in [0.25, 0.3) is 0 Å². The average molecular weight is 520 g/mol. The highest BCUT2D eigenvalue weighted by atomic mass is 16.5. The number of benzene rings is 3. The summed E-state index contributed by atoms with van der Waals surface area (Å²) >= 11 is 0. The molecular weight excluding hydrogens is 490 g/mol. The molecule has 1 amide bonds. The van der Waals surface area contributed by atoms with Crippen molar-refractivity contribution in [2.45, 2.75) is 26.7 Å². The predicted octanol–water partition coefficient (Wildman–Crippen LogP) is 6.69. The maximum atomic E-state index is 12.9. The van der Waals surface area contributed by atoms with E-state index in [0.29, 0.717) is 47.4 Å². The van der Waals surface area contributed by atoms with Crippen LogP contribution in [-0.4, -0.2) is 29.9 Å². The van der Waals surface area contributed by atoms with Gasteiger partial charge < -0.3 is 14.8 Å². The molecule has 0 aliphatic carbocycles. The van der Waals surface area contributed by atoms with E-state index in [1.165, 1.54) is 0 Å². The van der Waals surface area contributed by atoms with E-state index in [1.807, 2.05) is 62.4 Å². The van der Waals surface area contributed by atoms with E-state index < -0.39 is 0 Å². The Kier molecular flexibility index (Phi) is 9.04. The molecule has 0 aliphatic rings. The van der Waals surface area contributed by atoms with Gasteiger partial charge in [0.05, 0.1) is 30.5 Å². The van der Waals surface area contributed by atoms with Crippen LogP contribution >= 0.6 is 0 Å². The number of ketones is 1. The third-order valence-corrected chi connectivity index (χ3v) is 5.95. The van der Waals surface area contributed by atoms with Gasteiger partial charge in [-0.3, -0.25) is 9.59 Å². The molecule has 0 unspecified atom stereocenters. The molecule has 4 aromatic rings. The van der Waals surface area contributed by atoms with Crippen LogP contribution in [0.4, 0.5) is 5.82 Å². The predicted molar refractivity (Wildman–Crippen MR) is 151 cm³/mol. The lowest BCUT2D eigenvalue weighted by Crippen LogP contribution is -2.15. The third-order valence-electron chi connectivity index (χ3n) is 5.95. The number of pyridine rings is 1. The lowest BCUT2D eigenvalue weighted by Gasteiger charge is -2.12. The minimum atomic E-state index is -0.317. The molecule has 0 spiro atoms. The van der Waals surface area contributed by atoms with Crippen LogP contribution in [0.15, 0.2) is 84.9 Å². The molecule has 0 saturated heterocycles. The number of carbonyl (C=O) groups is 2. The van der Waals surface area contributed by atoms with Crippen molar-refractivity contribution in [3.05, 3.63) is 96.1 Å². The van der Waals surface area contributed by atoms with Crippen molar-refractivity contribution in [1.29, 1.82) is 5.26 Å². The number of nitrogens with zero attached hydrogens (tertiary/aromatic N) is 2. The summed E-state index contributed by atoms with van der Waals surface area (Å²) in [6.07, 6.45) is 0.0334. The molecule has 7 heteroatoms. The van der Waals surface area contributed by atoms with Crippen LogP contribution in [0, 0.1) is 11.3 Å². The molecule has 0 saturated carbocycles. The van der Waals surface area contributed by atoms with Gasteiger partial charge in [0.2, 0.25) is 5.91 Å². The van der Waals surface area contributed by atoms with E-state index in [-0.39, 0.29) is 24.5 Å². The zero-order chi connectivity index (χ0) is 27.6. The first kappa shape index (κ1) is 27.1. The highest BCUT2D eigenvalue weighted by Crippen LogP contribution is 2.30. The van der Waals surface area contributed by atoms with Gasteiger partial charge >= 0.3 is 0 Å². The molecule has 1 aromatic heterocycles. The molecule has 7 nitrogen and oxygen atoms in total. The number of hydrogen-bond donors (Lipinski definition) is 1. The number of hydrogen-bond acceptors (Lipinski definition) is 6. The van der Waals surface area contributed by atoms with Crippen molar-refractivity contribution in [3.8, 4) is 40.0 Å². The number of carbonyl (C=O) groups excluding carboxylic acids is 2. The van der Waals surface area contributed by atoms with Crippen LogP contribution in [0.3, 0.4) is 0 Å². The zero-order valence-electron chi connectivity index (χ0n) is 21.9. The number of ether oxygens (including phenoxy) is 2. The lowest BCUT2D eigenvalue weighted by molar-refractivity contribution is -0.116. The van der Waals surface area contributed by atoms with Crippen molar-refractivity contribution in [1.82, 2.24) is 4.98 Å². The van der Waals surface area contributed by atoms with E-state index in [1.54, 1.807) is 36.4 Å². The molecule has 0 fully saturated rings. The largest absolute Gasteiger partial charge is 0.490 e. The molecule has 0 bridgehead atoms. The van der Waals surface area contributed by atoms with Crippen molar-refractivity contribution in [2.75, 3.05) is 18.5 Å². The summed E-state index contributed by atoms with van der Waals surface area (Å²) in [6, 6.07) is 27.8. The van der Waals surface area contributed by atoms with E-state index in [4.69, 9.17) is 14.7 Å². The van der Waals surface area contributed by atoms with Gasteiger partial charge in [-0.2, -0.15) is 5.26 Å². The molecular formula is C32H29N3O4. The second-order valence-corrected chi connectivity index (χ2v) is 8.68. The van der Waals surface area contributed by atoms with Gasteiger partial charge in [0.15, 0.2) is 17.3 Å². The molecule has 1 N–H and O–H groups in total. The standard InChI is InChI=1S/C32H29N3O4/c1-3-38-29-16-14-25(19-30(29)39-4-2)28(36)15-17-32(37)35-31-20-26(23-12-10-22(21-33)11-13-23)18-27(34-31)24-8-6-5-7-9-24/h5-14,16,18-20H,3-4,15,17H2,1-2H3,(H,34,35,37). The number of aromatic nitrogens is 1. The molecule has 4 rings (SSSR count). The molecule has 196 valence electrons. The van der Waals surface area contributed by atoms with E-state index in [9.17, 15) is 9.59 Å². The Balaban J connectivity index is 1.50. The molecule has 39 heavy (non-hydrogen) atoms. The maximum absolute atomic E-state index is 12.9. The van der Waals surface area contributed by atoms with Crippen LogP contribution in [0.2, 0.25) is 0 Å². The monoisotopic (exact) mass is 519 g/mol. The third kappa shape index (κ3) is 7.08. The number of anilines is 1. The van der Waals surface area contributed by atoms with Crippen molar-refractivity contribution in [2.24, 2.45) is 0 Å². The van der Waals surface area contributed by atoms with E-state index in [0.717, 1.165) is 16.7 Å². The summed E-state index contributed by atoms with van der Waals surface area (Å²) in [6.45, 7) is 4.67. The summed E-state index contributed by atoms with van der Waals surface area (Å²) in [5, 5.41) is 12.0. The van der Waals surface area contributed by atoms with Crippen LogP contribution in [0.5, 0.6) is 11.5 Å². The SMILES string of the molecule is CCOc1ccc(C(=O)CCC(=O)Nc2cc(-c3ccc(C#N)cc3)cc(-c3ccccc3)n2)cc1OCC. The van der Waals surface area contributed by atoms with Crippen LogP contribution in [0.1, 0.15) is 42.6 Å². The first-order valence-electron chi connectivity index (χ1n) is 12.8. The van der Waals surface area contributed by atoms with E-state index >= 15 is 0 Å².